The summed E-state index contributed by atoms with van der Waals surface area (Å²) in [5, 5.41) is 0. The van der Waals surface area contributed by atoms with Gasteiger partial charge < -0.3 is 4.74 Å². The molecule has 0 aliphatic carbocycles. The molecule has 0 spiro atoms. The lowest BCUT2D eigenvalue weighted by molar-refractivity contribution is 0.130. The molecular formula is C10H13BrOS. The van der Waals surface area contributed by atoms with Gasteiger partial charge in [-0.3, -0.25) is 0 Å². The van der Waals surface area contributed by atoms with Crippen molar-refractivity contribution in [2.45, 2.75) is 31.3 Å². The summed E-state index contributed by atoms with van der Waals surface area (Å²) >= 11 is 7.66. The molecule has 72 valence electrons. The van der Waals surface area contributed by atoms with E-state index in [-0.39, 0.29) is 5.60 Å². The molecule has 0 aromatic heterocycles. The van der Waals surface area contributed by atoms with E-state index in [0.29, 0.717) is 0 Å². The first-order chi connectivity index (χ1) is 5.87. The van der Waals surface area contributed by atoms with Crippen LogP contribution in [0, 0.1) is 0 Å². The predicted molar refractivity (Wildman–Crippen MR) is 61.8 cm³/mol. The Morgan fingerprint density at radius 3 is 2.31 bits per heavy atom. The molecule has 1 aromatic carbocycles. The van der Waals surface area contributed by atoms with Crippen molar-refractivity contribution in [1.29, 1.82) is 0 Å². The van der Waals surface area contributed by atoms with Gasteiger partial charge in [-0.15, -0.1) is 12.6 Å². The zero-order chi connectivity index (χ0) is 10.1. The summed E-state index contributed by atoms with van der Waals surface area (Å²) < 4.78 is 6.67. The minimum absolute atomic E-state index is 0.166. The zero-order valence-electron chi connectivity index (χ0n) is 7.97. The number of rotatable bonds is 1. The van der Waals surface area contributed by atoms with Crippen molar-refractivity contribution in [3.05, 3.63) is 22.7 Å². The van der Waals surface area contributed by atoms with Crippen LogP contribution in [0.25, 0.3) is 0 Å². The molecule has 0 aliphatic rings. The Kier molecular flexibility index (Phi) is 3.30. The van der Waals surface area contributed by atoms with Crippen LogP contribution in [0.3, 0.4) is 0 Å². The fourth-order valence-electron chi connectivity index (χ4n) is 0.960. The molecule has 0 unspecified atom stereocenters. The van der Waals surface area contributed by atoms with Gasteiger partial charge in [-0.2, -0.15) is 0 Å². The molecule has 13 heavy (non-hydrogen) atoms. The van der Waals surface area contributed by atoms with Crippen molar-refractivity contribution in [3.8, 4) is 5.75 Å². The normalized spacial score (nSPS) is 11.5. The lowest BCUT2D eigenvalue weighted by atomic mass is 10.2. The molecule has 0 heterocycles. The summed E-state index contributed by atoms with van der Waals surface area (Å²) in [6.45, 7) is 6.06. The van der Waals surface area contributed by atoms with E-state index in [4.69, 9.17) is 4.74 Å². The van der Waals surface area contributed by atoms with E-state index in [1.165, 1.54) is 0 Å². The highest BCUT2D eigenvalue weighted by molar-refractivity contribution is 9.10. The Labute approximate surface area is 93.0 Å². The highest BCUT2D eigenvalue weighted by Gasteiger charge is 2.11. The van der Waals surface area contributed by atoms with Crippen molar-refractivity contribution in [1.82, 2.24) is 0 Å². The quantitative estimate of drug-likeness (QED) is 0.754. The molecule has 1 aromatic rings. The SMILES string of the molecule is CC(C)(C)Oc1cc(S)cc(Br)c1. The van der Waals surface area contributed by atoms with Crippen molar-refractivity contribution >= 4 is 28.6 Å². The fourth-order valence-corrected chi connectivity index (χ4v) is 1.88. The standard InChI is InChI=1S/C10H13BrOS/c1-10(2,3)12-8-4-7(11)5-9(13)6-8/h4-6,13H,1-3H3. The van der Waals surface area contributed by atoms with Crippen molar-refractivity contribution in [3.63, 3.8) is 0 Å². The average molecular weight is 261 g/mol. The molecule has 0 N–H and O–H groups in total. The Morgan fingerprint density at radius 1 is 1.23 bits per heavy atom. The minimum Gasteiger partial charge on any atom is -0.488 e. The van der Waals surface area contributed by atoms with Crippen LogP contribution in [0.5, 0.6) is 5.75 Å². The van der Waals surface area contributed by atoms with Gasteiger partial charge in [0.2, 0.25) is 0 Å². The molecule has 0 fully saturated rings. The van der Waals surface area contributed by atoms with Crippen LogP contribution in [0.1, 0.15) is 20.8 Å². The summed E-state index contributed by atoms with van der Waals surface area (Å²) in [6.07, 6.45) is 0. The van der Waals surface area contributed by atoms with Crippen LogP contribution in [0.15, 0.2) is 27.6 Å². The average Bonchev–Trinajstić information content (AvgIpc) is 1.78. The molecule has 0 atom stereocenters. The summed E-state index contributed by atoms with van der Waals surface area (Å²) in [5.74, 6) is 0.840. The van der Waals surface area contributed by atoms with Gasteiger partial charge in [-0.05, 0) is 39.0 Å². The monoisotopic (exact) mass is 260 g/mol. The number of benzene rings is 1. The molecule has 0 amide bonds. The molecule has 1 rings (SSSR count). The molecule has 0 radical (unpaired) electrons. The van der Waals surface area contributed by atoms with Crippen LogP contribution >= 0.6 is 28.6 Å². The summed E-state index contributed by atoms with van der Waals surface area (Å²) in [6, 6.07) is 5.77. The second-order valence-electron chi connectivity index (χ2n) is 3.86. The number of ether oxygens (including phenoxy) is 1. The van der Waals surface area contributed by atoms with Crippen LogP contribution in [0.4, 0.5) is 0 Å². The van der Waals surface area contributed by atoms with Crippen LogP contribution < -0.4 is 4.74 Å². The summed E-state index contributed by atoms with van der Waals surface area (Å²) in [4.78, 5) is 0.897. The van der Waals surface area contributed by atoms with Crippen molar-refractivity contribution < 1.29 is 4.74 Å². The van der Waals surface area contributed by atoms with E-state index in [2.05, 4.69) is 28.6 Å². The van der Waals surface area contributed by atoms with E-state index in [0.717, 1.165) is 15.1 Å². The first kappa shape index (κ1) is 10.9. The van der Waals surface area contributed by atoms with E-state index in [1.54, 1.807) is 0 Å². The molecular weight excluding hydrogens is 248 g/mol. The maximum atomic E-state index is 5.68. The molecule has 0 saturated carbocycles. The lowest BCUT2D eigenvalue weighted by Crippen LogP contribution is -2.22. The Morgan fingerprint density at radius 2 is 1.85 bits per heavy atom. The van der Waals surface area contributed by atoms with E-state index in [9.17, 15) is 0 Å². The topological polar surface area (TPSA) is 9.23 Å². The van der Waals surface area contributed by atoms with Gasteiger partial charge in [0, 0.05) is 9.37 Å². The van der Waals surface area contributed by atoms with Crippen LogP contribution in [0.2, 0.25) is 0 Å². The second-order valence-corrected chi connectivity index (χ2v) is 5.29. The number of hydrogen-bond acceptors (Lipinski definition) is 2. The van der Waals surface area contributed by atoms with Gasteiger partial charge >= 0.3 is 0 Å². The highest BCUT2D eigenvalue weighted by Crippen LogP contribution is 2.26. The number of hydrogen-bond donors (Lipinski definition) is 1. The maximum absolute atomic E-state index is 5.68. The molecule has 1 nitrogen and oxygen atoms in total. The third kappa shape index (κ3) is 4.05. The highest BCUT2D eigenvalue weighted by atomic mass is 79.9. The fraction of sp³-hybridized carbons (Fsp3) is 0.400. The van der Waals surface area contributed by atoms with Crippen LogP contribution in [-0.2, 0) is 0 Å². The summed E-state index contributed by atoms with van der Waals surface area (Å²) in [5.41, 5.74) is -0.166. The van der Waals surface area contributed by atoms with Gasteiger partial charge in [0.05, 0.1) is 0 Å². The molecule has 0 bridgehead atoms. The number of thiol groups is 1. The third-order valence-electron chi connectivity index (χ3n) is 1.28. The Bertz CT molecular complexity index is 284. The molecule has 0 aliphatic heterocycles. The Balaban J connectivity index is 2.90. The molecule has 0 saturated heterocycles. The second kappa shape index (κ2) is 3.93. The van der Waals surface area contributed by atoms with E-state index >= 15 is 0 Å². The van der Waals surface area contributed by atoms with Gasteiger partial charge in [0.25, 0.3) is 0 Å². The van der Waals surface area contributed by atoms with Crippen LogP contribution in [-0.4, -0.2) is 5.60 Å². The zero-order valence-corrected chi connectivity index (χ0v) is 10.4. The van der Waals surface area contributed by atoms with Gasteiger partial charge in [0.15, 0.2) is 0 Å². The first-order valence-corrected chi connectivity index (χ1v) is 5.29. The Hall–Kier alpha value is -0.150. The lowest BCUT2D eigenvalue weighted by Gasteiger charge is -2.21. The third-order valence-corrected chi connectivity index (χ3v) is 2.00. The molecule has 3 heteroatoms. The smallest absolute Gasteiger partial charge is 0.122 e. The first-order valence-electron chi connectivity index (χ1n) is 4.05. The minimum atomic E-state index is -0.166. The van der Waals surface area contributed by atoms with E-state index < -0.39 is 0 Å². The van der Waals surface area contributed by atoms with Gasteiger partial charge in [-0.1, -0.05) is 15.9 Å². The van der Waals surface area contributed by atoms with Crippen molar-refractivity contribution in [2.24, 2.45) is 0 Å². The van der Waals surface area contributed by atoms with Gasteiger partial charge in [0.1, 0.15) is 11.4 Å². The number of halogens is 1. The van der Waals surface area contributed by atoms with Crippen molar-refractivity contribution in [2.75, 3.05) is 0 Å². The largest absolute Gasteiger partial charge is 0.488 e. The predicted octanol–water partition coefficient (Wildman–Crippen LogP) is 3.92. The van der Waals surface area contributed by atoms with E-state index in [1.807, 2.05) is 39.0 Å². The van der Waals surface area contributed by atoms with Gasteiger partial charge in [-0.25, -0.2) is 0 Å². The maximum Gasteiger partial charge on any atom is 0.122 e. The summed E-state index contributed by atoms with van der Waals surface area (Å²) in [7, 11) is 0.